The number of benzene rings is 5. The second-order valence-electron chi connectivity index (χ2n) is 8.39. The van der Waals surface area contributed by atoms with Gasteiger partial charge in [0.15, 0.2) is 0 Å². The summed E-state index contributed by atoms with van der Waals surface area (Å²) < 4.78 is 0. The maximum atomic E-state index is 13.7. The molecule has 180 valence electrons. The van der Waals surface area contributed by atoms with Crippen LogP contribution in [0, 0.1) is 0 Å². The van der Waals surface area contributed by atoms with E-state index < -0.39 is 11.9 Å². The van der Waals surface area contributed by atoms with Crippen molar-refractivity contribution in [2.75, 3.05) is 10.2 Å². The number of para-hydroxylation sites is 1. The van der Waals surface area contributed by atoms with E-state index in [2.05, 4.69) is 5.32 Å². The molecule has 0 atom stereocenters. The first kappa shape index (κ1) is 23.5. The Kier molecular flexibility index (Phi) is 6.46. The third kappa shape index (κ3) is 4.94. The van der Waals surface area contributed by atoms with Crippen molar-refractivity contribution >= 4 is 45.6 Å². The number of nitrogens with zero attached hydrogens (tertiary/aromatic N) is 1. The maximum Gasteiger partial charge on any atom is 0.336 e. The Morgan fingerprint density at radius 1 is 0.595 bits per heavy atom. The highest BCUT2D eigenvalue weighted by Gasteiger charge is 2.21. The molecule has 0 aliphatic carbocycles. The lowest BCUT2D eigenvalue weighted by molar-refractivity contribution is 0.0692. The summed E-state index contributed by atoms with van der Waals surface area (Å²) in [6.07, 6.45) is 0. The molecule has 5 aromatic carbocycles. The third-order valence-corrected chi connectivity index (χ3v) is 6.00. The molecule has 0 spiro atoms. The molecule has 0 fully saturated rings. The fourth-order valence-electron chi connectivity index (χ4n) is 4.17. The van der Waals surface area contributed by atoms with E-state index in [9.17, 15) is 19.5 Å². The van der Waals surface area contributed by atoms with Crippen molar-refractivity contribution in [3.63, 3.8) is 0 Å². The second-order valence-corrected chi connectivity index (χ2v) is 8.39. The number of hydrogen-bond acceptors (Lipinski definition) is 3. The molecule has 2 N–H and O–H groups in total. The highest BCUT2D eigenvalue weighted by atomic mass is 16.4. The molecule has 0 bridgehead atoms. The largest absolute Gasteiger partial charge is 0.478 e. The molecule has 0 aromatic heterocycles. The molecule has 6 nitrogen and oxygen atoms in total. The molecule has 0 saturated carbocycles. The van der Waals surface area contributed by atoms with Crippen LogP contribution in [0.2, 0.25) is 0 Å². The van der Waals surface area contributed by atoms with E-state index in [1.165, 1.54) is 12.1 Å². The lowest BCUT2D eigenvalue weighted by Crippen LogP contribution is -2.26. The van der Waals surface area contributed by atoms with E-state index in [-0.39, 0.29) is 17.0 Å². The van der Waals surface area contributed by atoms with Crippen molar-refractivity contribution in [2.24, 2.45) is 0 Å². The Morgan fingerprint density at radius 2 is 1.22 bits per heavy atom. The minimum absolute atomic E-state index is 0.0571. The van der Waals surface area contributed by atoms with Gasteiger partial charge in [-0.25, -0.2) is 4.79 Å². The molecular formula is C31H22N2O4. The van der Waals surface area contributed by atoms with Crippen LogP contribution in [0.1, 0.15) is 31.1 Å². The van der Waals surface area contributed by atoms with Crippen LogP contribution in [0.3, 0.4) is 0 Å². The Labute approximate surface area is 213 Å². The molecule has 0 aliphatic heterocycles. The highest BCUT2D eigenvalue weighted by Crippen LogP contribution is 2.30. The van der Waals surface area contributed by atoms with Crippen LogP contribution in [-0.4, -0.2) is 22.9 Å². The van der Waals surface area contributed by atoms with E-state index >= 15 is 0 Å². The number of rotatable bonds is 6. The number of carboxylic acid groups (broad SMARTS) is 1. The van der Waals surface area contributed by atoms with Gasteiger partial charge in [-0.3, -0.25) is 14.5 Å². The van der Waals surface area contributed by atoms with Gasteiger partial charge in [0.25, 0.3) is 11.8 Å². The summed E-state index contributed by atoms with van der Waals surface area (Å²) in [5, 5.41) is 14.2. The Hall–Kier alpha value is -5.23. The van der Waals surface area contributed by atoms with Gasteiger partial charge < -0.3 is 10.4 Å². The summed E-state index contributed by atoms with van der Waals surface area (Å²) in [5.74, 6) is -1.95. The first-order valence-corrected chi connectivity index (χ1v) is 11.6. The molecule has 0 heterocycles. The predicted octanol–water partition coefficient (Wildman–Crippen LogP) is 6.77. The number of amides is 2. The van der Waals surface area contributed by atoms with Crippen molar-refractivity contribution in [2.45, 2.75) is 0 Å². The first-order valence-electron chi connectivity index (χ1n) is 11.6. The molecule has 5 rings (SSSR count). The number of hydrogen-bond donors (Lipinski definition) is 2. The van der Waals surface area contributed by atoms with Crippen LogP contribution in [0.15, 0.2) is 121 Å². The van der Waals surface area contributed by atoms with Crippen LogP contribution in [0.4, 0.5) is 17.1 Å². The molecule has 6 heteroatoms. The van der Waals surface area contributed by atoms with Crippen molar-refractivity contribution in [3.05, 3.63) is 138 Å². The maximum absolute atomic E-state index is 13.7. The zero-order chi connectivity index (χ0) is 25.8. The quantitative estimate of drug-likeness (QED) is 0.277. The van der Waals surface area contributed by atoms with E-state index in [0.717, 1.165) is 22.1 Å². The van der Waals surface area contributed by atoms with Gasteiger partial charge in [0, 0.05) is 22.6 Å². The minimum atomic E-state index is -1.18. The van der Waals surface area contributed by atoms with Crippen molar-refractivity contribution in [1.29, 1.82) is 0 Å². The van der Waals surface area contributed by atoms with Gasteiger partial charge >= 0.3 is 5.97 Å². The van der Waals surface area contributed by atoms with Crippen LogP contribution < -0.4 is 10.2 Å². The van der Waals surface area contributed by atoms with Crippen molar-refractivity contribution in [1.82, 2.24) is 0 Å². The van der Waals surface area contributed by atoms with Gasteiger partial charge in [0.2, 0.25) is 0 Å². The van der Waals surface area contributed by atoms with Gasteiger partial charge in [-0.1, -0.05) is 60.7 Å². The van der Waals surface area contributed by atoms with Crippen LogP contribution >= 0.6 is 0 Å². The van der Waals surface area contributed by atoms with Gasteiger partial charge in [0.1, 0.15) is 0 Å². The summed E-state index contributed by atoms with van der Waals surface area (Å²) in [6.45, 7) is 0. The molecule has 2 amide bonds. The number of aromatic carboxylic acids is 1. The molecule has 5 aromatic rings. The van der Waals surface area contributed by atoms with Crippen molar-refractivity contribution < 1.29 is 19.5 Å². The first-order chi connectivity index (χ1) is 18.0. The number of carbonyl (C=O) groups is 3. The zero-order valence-corrected chi connectivity index (χ0v) is 19.7. The Balaban J connectivity index is 1.43. The Morgan fingerprint density at radius 3 is 1.92 bits per heavy atom. The highest BCUT2D eigenvalue weighted by molar-refractivity contribution is 6.13. The van der Waals surface area contributed by atoms with E-state index in [1.807, 2.05) is 72.8 Å². The average Bonchev–Trinajstić information content (AvgIpc) is 2.94. The third-order valence-electron chi connectivity index (χ3n) is 6.00. The van der Waals surface area contributed by atoms with E-state index in [0.29, 0.717) is 11.3 Å². The fraction of sp³-hybridized carbons (Fsp3) is 0. The van der Waals surface area contributed by atoms with E-state index in [1.54, 1.807) is 41.3 Å². The molecule has 37 heavy (non-hydrogen) atoms. The van der Waals surface area contributed by atoms with Gasteiger partial charge in [0.05, 0.1) is 11.1 Å². The summed E-state index contributed by atoms with van der Waals surface area (Å²) in [6, 6.07) is 35.8. The number of carbonyl (C=O) groups excluding carboxylic acids is 2. The van der Waals surface area contributed by atoms with Crippen molar-refractivity contribution in [3.8, 4) is 0 Å². The van der Waals surface area contributed by atoms with Gasteiger partial charge in [-0.2, -0.15) is 0 Å². The zero-order valence-electron chi connectivity index (χ0n) is 19.7. The monoisotopic (exact) mass is 486 g/mol. The smallest absolute Gasteiger partial charge is 0.336 e. The number of anilines is 3. The summed E-state index contributed by atoms with van der Waals surface area (Å²) in [5.41, 5.74) is 2.31. The lowest BCUT2D eigenvalue weighted by Gasteiger charge is -2.24. The topological polar surface area (TPSA) is 86.7 Å². The van der Waals surface area contributed by atoms with Crippen LogP contribution in [0.5, 0.6) is 0 Å². The average molecular weight is 487 g/mol. The summed E-state index contributed by atoms with van der Waals surface area (Å²) >= 11 is 0. The predicted molar refractivity (Wildman–Crippen MR) is 145 cm³/mol. The second kappa shape index (κ2) is 10.2. The molecule has 0 aliphatic rings. The van der Waals surface area contributed by atoms with Gasteiger partial charge in [-0.05, 0) is 71.4 Å². The fourth-order valence-corrected chi connectivity index (χ4v) is 4.17. The number of carboxylic acids is 1. The summed E-state index contributed by atoms with van der Waals surface area (Å²) in [7, 11) is 0. The summed E-state index contributed by atoms with van der Waals surface area (Å²) in [4.78, 5) is 39.5. The van der Waals surface area contributed by atoms with Crippen LogP contribution in [0.25, 0.3) is 10.8 Å². The molecule has 0 unspecified atom stereocenters. The van der Waals surface area contributed by atoms with E-state index in [4.69, 9.17) is 0 Å². The molecule has 0 radical (unpaired) electrons. The minimum Gasteiger partial charge on any atom is -0.478 e. The number of nitrogens with one attached hydrogen (secondary N) is 1. The number of fused-ring (bicyclic) bond motifs is 1. The lowest BCUT2D eigenvalue weighted by atomic mass is 10.1. The SMILES string of the molecule is O=C(O)c1ccccc1C(=O)Nc1ccc(C(=O)N(c2ccccc2)c2ccc3ccccc3c2)cc1. The molecular weight excluding hydrogens is 464 g/mol. The van der Waals surface area contributed by atoms with Gasteiger partial charge in [-0.15, -0.1) is 0 Å². The Bertz CT molecular complexity index is 1610. The molecule has 0 saturated heterocycles. The standard InChI is InChI=1S/C31H22N2O4/c34-29(27-12-6-7-13-28(27)31(36)37)32-24-17-14-22(15-18-24)30(35)33(25-10-2-1-3-11-25)26-19-16-21-8-4-5-9-23(21)20-26/h1-20H,(H,32,34)(H,36,37). The normalized spacial score (nSPS) is 10.6. The van der Waals surface area contributed by atoms with Crippen LogP contribution in [-0.2, 0) is 0 Å².